The van der Waals surface area contributed by atoms with Gasteiger partial charge in [-0.25, -0.2) is 8.42 Å². The molecule has 3 atom stereocenters. The lowest BCUT2D eigenvalue weighted by atomic mass is 10.1. The third-order valence-electron chi connectivity index (χ3n) is 5.63. The molecule has 2 aliphatic heterocycles. The fourth-order valence-corrected chi connectivity index (χ4v) is 6.32. The zero-order chi connectivity index (χ0) is 21.8. The summed E-state index contributed by atoms with van der Waals surface area (Å²) in [4.78, 5) is 14.2. The molecule has 0 radical (unpaired) electrons. The smallest absolute Gasteiger partial charge is 0.246 e. The number of ether oxygens (including phenoxy) is 1. The Balaban J connectivity index is 1.75. The third-order valence-corrected chi connectivity index (χ3v) is 7.80. The fourth-order valence-electron chi connectivity index (χ4n) is 4.36. The topological polar surface area (TPSA) is 66.9 Å². The van der Waals surface area contributed by atoms with E-state index in [1.165, 1.54) is 16.1 Å². The van der Waals surface area contributed by atoms with Gasteiger partial charge in [0.2, 0.25) is 15.9 Å². The molecule has 1 unspecified atom stereocenters. The summed E-state index contributed by atoms with van der Waals surface area (Å²) in [5.74, 6) is -0.248. The highest BCUT2D eigenvalue weighted by Gasteiger charge is 2.58. The van der Waals surface area contributed by atoms with Crippen molar-refractivity contribution in [3.63, 3.8) is 0 Å². The van der Waals surface area contributed by atoms with Crippen LogP contribution in [-0.4, -0.2) is 24.9 Å². The van der Waals surface area contributed by atoms with Gasteiger partial charge in [-0.05, 0) is 29.8 Å². The number of nitrogens with zero attached hydrogens (tertiary/aromatic N) is 2. The average molecular weight is 455 g/mol. The second-order valence-electron chi connectivity index (χ2n) is 7.44. The van der Waals surface area contributed by atoms with Gasteiger partial charge in [0.1, 0.15) is 6.04 Å². The lowest BCUT2D eigenvalue weighted by molar-refractivity contribution is -0.119. The van der Waals surface area contributed by atoms with Gasteiger partial charge in [-0.3, -0.25) is 9.69 Å². The van der Waals surface area contributed by atoms with E-state index in [2.05, 4.69) is 0 Å². The molecule has 3 aromatic carbocycles. The molecule has 0 bridgehead atoms. The van der Waals surface area contributed by atoms with E-state index in [1.54, 1.807) is 48.5 Å². The van der Waals surface area contributed by atoms with Crippen LogP contribution in [0.3, 0.4) is 0 Å². The highest BCUT2D eigenvalue weighted by atomic mass is 35.5. The Bertz CT molecular complexity index is 1250. The molecule has 1 amide bonds. The van der Waals surface area contributed by atoms with Crippen molar-refractivity contribution in [2.24, 2.45) is 0 Å². The molecular formula is C23H19ClN2O4S. The molecule has 0 N–H and O–H groups in total. The van der Waals surface area contributed by atoms with Gasteiger partial charge in [-0.1, -0.05) is 66.2 Å². The molecule has 8 heteroatoms. The van der Waals surface area contributed by atoms with Gasteiger partial charge in [0.25, 0.3) is 0 Å². The standard InChI is InChI=1S/C23H19ClN2O4S/c1-15(27)25-19-14-8-13-18(24)20(19)21-23(25)30-22(16-9-4-2-5-10-16)26(21)31(28,29)17-11-6-3-7-12-17/h2-14,21-23H,1H3/t21-,22?,23-/m0/s1. The number of hydrogen-bond acceptors (Lipinski definition) is 4. The number of carbonyl (C=O) groups is 1. The van der Waals surface area contributed by atoms with Crippen LogP contribution >= 0.6 is 11.6 Å². The van der Waals surface area contributed by atoms with Crippen LogP contribution in [-0.2, 0) is 19.6 Å². The molecule has 31 heavy (non-hydrogen) atoms. The van der Waals surface area contributed by atoms with Gasteiger partial charge < -0.3 is 4.74 Å². The van der Waals surface area contributed by atoms with Crippen molar-refractivity contribution in [3.05, 3.63) is 95.0 Å². The maximum absolute atomic E-state index is 13.9. The molecule has 0 saturated carbocycles. The van der Waals surface area contributed by atoms with Gasteiger partial charge in [0, 0.05) is 17.5 Å². The Morgan fingerprint density at radius 1 is 0.935 bits per heavy atom. The average Bonchev–Trinajstić information content (AvgIpc) is 3.30. The maximum Gasteiger partial charge on any atom is 0.246 e. The maximum atomic E-state index is 13.9. The molecular weight excluding hydrogens is 436 g/mol. The van der Waals surface area contributed by atoms with Crippen molar-refractivity contribution in [1.29, 1.82) is 0 Å². The number of carbonyl (C=O) groups excluding carboxylic acids is 1. The lowest BCUT2D eigenvalue weighted by Gasteiger charge is -2.27. The fraction of sp³-hybridized carbons (Fsp3) is 0.174. The number of amides is 1. The molecule has 0 aromatic heterocycles. The number of rotatable bonds is 3. The number of anilines is 1. The molecule has 3 aromatic rings. The molecule has 6 nitrogen and oxygen atoms in total. The Morgan fingerprint density at radius 3 is 2.23 bits per heavy atom. The lowest BCUT2D eigenvalue weighted by Crippen LogP contribution is -2.38. The van der Waals surface area contributed by atoms with Gasteiger partial charge in [-0.2, -0.15) is 4.31 Å². The predicted molar refractivity (Wildman–Crippen MR) is 117 cm³/mol. The Hall–Kier alpha value is -2.71. The summed E-state index contributed by atoms with van der Waals surface area (Å²) in [7, 11) is -3.99. The summed E-state index contributed by atoms with van der Waals surface area (Å²) in [5.41, 5.74) is 1.81. The van der Waals surface area contributed by atoms with Gasteiger partial charge in [0.05, 0.1) is 10.6 Å². The van der Waals surface area contributed by atoms with Crippen LogP contribution in [0.2, 0.25) is 5.02 Å². The number of hydrogen-bond donors (Lipinski definition) is 0. The summed E-state index contributed by atoms with van der Waals surface area (Å²) >= 11 is 6.55. The van der Waals surface area contributed by atoms with E-state index >= 15 is 0 Å². The van der Waals surface area contributed by atoms with Crippen molar-refractivity contribution in [1.82, 2.24) is 4.31 Å². The Labute approximate surface area is 185 Å². The summed E-state index contributed by atoms with van der Waals surface area (Å²) in [6.45, 7) is 1.43. The summed E-state index contributed by atoms with van der Waals surface area (Å²) in [6.07, 6.45) is -1.73. The molecule has 5 rings (SSSR count). The molecule has 0 spiro atoms. The van der Waals surface area contributed by atoms with E-state index in [0.29, 0.717) is 21.8 Å². The zero-order valence-corrected chi connectivity index (χ0v) is 18.1. The number of benzene rings is 3. The number of fused-ring (bicyclic) bond motifs is 3. The van der Waals surface area contributed by atoms with Crippen molar-refractivity contribution < 1.29 is 17.9 Å². The van der Waals surface area contributed by atoms with Crippen molar-refractivity contribution >= 4 is 33.2 Å². The zero-order valence-electron chi connectivity index (χ0n) is 16.6. The van der Waals surface area contributed by atoms with Crippen LogP contribution in [0.4, 0.5) is 5.69 Å². The van der Waals surface area contributed by atoms with Crippen LogP contribution in [0.5, 0.6) is 0 Å². The van der Waals surface area contributed by atoms with Gasteiger partial charge >= 0.3 is 0 Å². The Kier molecular flexibility index (Phi) is 4.86. The normalized spacial score (nSPS) is 22.9. The quantitative estimate of drug-likeness (QED) is 0.584. The molecule has 158 valence electrons. The van der Waals surface area contributed by atoms with E-state index in [1.807, 2.05) is 30.3 Å². The first kappa shape index (κ1) is 20.2. The summed E-state index contributed by atoms with van der Waals surface area (Å²) in [6, 6.07) is 21.8. The van der Waals surface area contributed by atoms with Crippen molar-refractivity contribution in [3.8, 4) is 0 Å². The summed E-state index contributed by atoms with van der Waals surface area (Å²) < 4.78 is 35.4. The van der Waals surface area contributed by atoms with Crippen molar-refractivity contribution in [2.75, 3.05) is 4.90 Å². The highest BCUT2D eigenvalue weighted by Crippen LogP contribution is 2.56. The van der Waals surface area contributed by atoms with Crippen LogP contribution in [0, 0.1) is 0 Å². The Morgan fingerprint density at radius 2 is 1.58 bits per heavy atom. The summed E-state index contributed by atoms with van der Waals surface area (Å²) in [5, 5.41) is 0.391. The largest absolute Gasteiger partial charge is 0.332 e. The van der Waals surface area contributed by atoms with E-state index < -0.39 is 28.5 Å². The molecule has 2 heterocycles. The van der Waals surface area contributed by atoms with Crippen molar-refractivity contribution in [2.45, 2.75) is 30.3 Å². The molecule has 1 saturated heterocycles. The van der Waals surface area contributed by atoms with Crippen LogP contribution in [0.15, 0.2) is 83.8 Å². The van der Waals surface area contributed by atoms with Gasteiger partial charge in [0.15, 0.2) is 12.5 Å². The minimum atomic E-state index is -3.99. The predicted octanol–water partition coefficient (Wildman–Crippen LogP) is 4.49. The minimum Gasteiger partial charge on any atom is -0.332 e. The minimum absolute atomic E-state index is 0.148. The monoisotopic (exact) mass is 454 g/mol. The SMILES string of the molecule is CC(=O)N1c2cccc(Cl)c2[C@H]2[C@@H]1OC(c1ccccc1)N2S(=O)(=O)c1ccccc1. The number of sulfonamides is 1. The number of halogens is 1. The van der Waals surface area contributed by atoms with Crippen LogP contribution < -0.4 is 4.90 Å². The van der Waals surface area contributed by atoms with Gasteiger partial charge in [-0.15, -0.1) is 0 Å². The van der Waals surface area contributed by atoms with Crippen LogP contribution in [0.1, 0.15) is 30.3 Å². The second kappa shape index (κ2) is 7.46. The molecule has 0 aliphatic carbocycles. The van der Waals surface area contributed by atoms with E-state index in [4.69, 9.17) is 16.3 Å². The van der Waals surface area contributed by atoms with Crippen LogP contribution in [0.25, 0.3) is 0 Å². The van der Waals surface area contributed by atoms with E-state index in [0.717, 1.165) is 0 Å². The van der Waals surface area contributed by atoms with E-state index in [-0.39, 0.29) is 10.8 Å². The molecule has 1 fully saturated rings. The first-order valence-electron chi connectivity index (χ1n) is 9.78. The second-order valence-corrected chi connectivity index (χ2v) is 9.69. The highest BCUT2D eigenvalue weighted by molar-refractivity contribution is 7.89. The first-order chi connectivity index (χ1) is 14.9. The molecule has 2 aliphatic rings. The van der Waals surface area contributed by atoms with E-state index in [9.17, 15) is 13.2 Å². The third kappa shape index (κ3) is 3.08. The first-order valence-corrected chi connectivity index (χ1v) is 11.6.